The number of ether oxygens (including phenoxy) is 3. The first kappa shape index (κ1) is 21.2. The van der Waals surface area contributed by atoms with Gasteiger partial charge in [-0.05, 0) is 23.8 Å². The summed E-state index contributed by atoms with van der Waals surface area (Å²) in [5.41, 5.74) is 1.89. The molecule has 0 atom stereocenters. The zero-order valence-corrected chi connectivity index (χ0v) is 16.5. The Morgan fingerprint density at radius 3 is 2.60 bits per heavy atom. The van der Waals surface area contributed by atoms with E-state index in [1.54, 1.807) is 38.4 Å². The van der Waals surface area contributed by atoms with Gasteiger partial charge in [-0.25, -0.2) is 0 Å². The number of nitrogens with one attached hydrogen (secondary N) is 3. The summed E-state index contributed by atoms with van der Waals surface area (Å²) in [6.07, 6.45) is 0. The molecule has 3 rings (SSSR count). The maximum atomic E-state index is 12.8. The van der Waals surface area contributed by atoms with E-state index in [1.165, 1.54) is 6.07 Å². The molecule has 0 unspecified atom stereocenters. The van der Waals surface area contributed by atoms with E-state index >= 15 is 0 Å². The van der Waals surface area contributed by atoms with Crippen LogP contribution < -0.4 is 30.2 Å². The van der Waals surface area contributed by atoms with Crippen LogP contribution in [-0.2, 0) is 13.1 Å². The maximum absolute atomic E-state index is 12.8. The van der Waals surface area contributed by atoms with Gasteiger partial charge in [0.2, 0.25) is 6.79 Å². The van der Waals surface area contributed by atoms with Gasteiger partial charge >= 0.3 is 6.61 Å². The molecule has 0 saturated carbocycles. The van der Waals surface area contributed by atoms with Crippen molar-refractivity contribution in [1.82, 2.24) is 16.0 Å². The lowest BCUT2D eigenvalue weighted by Crippen LogP contribution is -2.36. The molecule has 1 aliphatic rings. The molecule has 8 nitrogen and oxygen atoms in total. The number of hydrogen-bond donors (Lipinski definition) is 3. The van der Waals surface area contributed by atoms with Crippen LogP contribution in [0.1, 0.15) is 21.5 Å². The van der Waals surface area contributed by atoms with Gasteiger partial charge in [0, 0.05) is 44.4 Å². The molecule has 0 radical (unpaired) electrons. The molecule has 0 saturated heterocycles. The minimum absolute atomic E-state index is 0.00418. The second-order valence-electron chi connectivity index (χ2n) is 6.25. The van der Waals surface area contributed by atoms with Crippen LogP contribution in [0.4, 0.5) is 8.78 Å². The molecular weight excluding hydrogens is 398 g/mol. The van der Waals surface area contributed by atoms with Crippen LogP contribution in [0, 0.1) is 0 Å². The van der Waals surface area contributed by atoms with E-state index in [1.807, 2.05) is 6.07 Å². The van der Waals surface area contributed by atoms with Crippen molar-refractivity contribution in [3.8, 4) is 17.2 Å². The summed E-state index contributed by atoms with van der Waals surface area (Å²) in [5, 5.41) is 8.74. The predicted molar refractivity (Wildman–Crippen MR) is 106 cm³/mol. The number of amides is 1. The lowest BCUT2D eigenvalue weighted by molar-refractivity contribution is -0.0505. The Hall–Kier alpha value is -3.56. The third-order valence-electron chi connectivity index (χ3n) is 4.32. The normalized spacial score (nSPS) is 12.6. The van der Waals surface area contributed by atoms with Crippen molar-refractivity contribution < 1.29 is 27.8 Å². The van der Waals surface area contributed by atoms with E-state index in [0.29, 0.717) is 35.1 Å². The topological polar surface area (TPSA) is 93.2 Å². The molecule has 0 aliphatic carbocycles. The van der Waals surface area contributed by atoms with Crippen LogP contribution in [0.3, 0.4) is 0 Å². The average molecular weight is 420 g/mol. The van der Waals surface area contributed by atoms with Crippen LogP contribution in [0.2, 0.25) is 0 Å². The molecule has 1 aliphatic heterocycles. The Bertz CT molecular complexity index is 937. The molecule has 30 heavy (non-hydrogen) atoms. The first-order valence-corrected chi connectivity index (χ1v) is 9.13. The third kappa shape index (κ3) is 5.28. The average Bonchev–Trinajstić information content (AvgIpc) is 3.20. The van der Waals surface area contributed by atoms with Gasteiger partial charge in [0.05, 0.1) is 0 Å². The first-order valence-electron chi connectivity index (χ1n) is 9.13. The number of guanidine groups is 1. The fraction of sp³-hybridized carbons (Fsp3) is 0.300. The maximum Gasteiger partial charge on any atom is 0.387 e. The lowest BCUT2D eigenvalue weighted by Gasteiger charge is -2.15. The highest BCUT2D eigenvalue weighted by molar-refractivity contribution is 5.94. The number of rotatable bonds is 7. The highest BCUT2D eigenvalue weighted by Crippen LogP contribution is 2.38. The predicted octanol–water partition coefficient (Wildman–Crippen LogP) is 2.24. The summed E-state index contributed by atoms with van der Waals surface area (Å²) in [7, 11) is 3.16. The lowest BCUT2D eigenvalue weighted by atomic mass is 10.1. The molecule has 0 bridgehead atoms. The van der Waals surface area contributed by atoms with Crippen LogP contribution >= 0.6 is 0 Å². The van der Waals surface area contributed by atoms with Crippen LogP contribution in [0.15, 0.2) is 41.4 Å². The van der Waals surface area contributed by atoms with E-state index in [0.717, 1.165) is 5.56 Å². The largest absolute Gasteiger partial charge is 0.454 e. The zero-order valence-electron chi connectivity index (χ0n) is 16.5. The van der Waals surface area contributed by atoms with Gasteiger partial charge in [0.25, 0.3) is 5.91 Å². The van der Waals surface area contributed by atoms with Gasteiger partial charge < -0.3 is 30.2 Å². The second kappa shape index (κ2) is 9.77. The monoisotopic (exact) mass is 420 g/mol. The second-order valence-corrected chi connectivity index (χ2v) is 6.25. The van der Waals surface area contributed by atoms with Crippen molar-refractivity contribution >= 4 is 11.9 Å². The van der Waals surface area contributed by atoms with E-state index in [4.69, 9.17) is 9.47 Å². The summed E-state index contributed by atoms with van der Waals surface area (Å²) in [4.78, 5) is 15.9. The third-order valence-corrected chi connectivity index (χ3v) is 4.32. The molecule has 2 aromatic rings. The summed E-state index contributed by atoms with van der Waals surface area (Å²) >= 11 is 0. The van der Waals surface area contributed by atoms with E-state index in [9.17, 15) is 13.6 Å². The number of aliphatic imine (C=N–C) groups is 1. The van der Waals surface area contributed by atoms with Crippen molar-refractivity contribution in [2.24, 2.45) is 4.99 Å². The molecule has 0 aromatic heterocycles. The molecule has 1 amide bonds. The SMILES string of the molecule is CN=C(NCc1cccc(C(=O)NC)c1)NCc1cc2c(cc1OC(F)F)OCO2. The van der Waals surface area contributed by atoms with Gasteiger partial charge in [-0.3, -0.25) is 9.79 Å². The van der Waals surface area contributed by atoms with Gasteiger partial charge in [-0.15, -0.1) is 0 Å². The van der Waals surface area contributed by atoms with Crippen LogP contribution in [-0.4, -0.2) is 39.4 Å². The number of nitrogens with zero attached hydrogens (tertiary/aromatic N) is 1. The highest BCUT2D eigenvalue weighted by atomic mass is 19.3. The summed E-state index contributed by atoms with van der Waals surface area (Å²) in [5.74, 6) is 1.08. The molecule has 3 N–H and O–H groups in total. The molecule has 1 heterocycles. The molecule has 0 spiro atoms. The van der Waals surface area contributed by atoms with E-state index < -0.39 is 6.61 Å². The van der Waals surface area contributed by atoms with Crippen molar-refractivity contribution in [3.05, 3.63) is 53.1 Å². The fourth-order valence-corrected chi connectivity index (χ4v) is 2.86. The Balaban J connectivity index is 1.64. The Labute approximate surface area is 172 Å². The number of carbonyl (C=O) groups is 1. The number of benzene rings is 2. The van der Waals surface area contributed by atoms with Crippen molar-refractivity contribution in [3.63, 3.8) is 0 Å². The summed E-state index contributed by atoms with van der Waals surface area (Å²) in [6, 6.07) is 10.1. The standard InChI is InChI=1S/C20H22F2N4O4/c1-23-18(27)13-5-3-4-12(6-13)9-25-20(24-2)26-10-14-7-16-17(29-11-28-16)8-15(14)30-19(21)22/h3-8,19H,9-11H2,1-2H3,(H,23,27)(H2,24,25,26). The van der Waals surface area contributed by atoms with Gasteiger partial charge in [-0.2, -0.15) is 8.78 Å². The van der Waals surface area contributed by atoms with Gasteiger partial charge in [0.1, 0.15) is 5.75 Å². The minimum Gasteiger partial charge on any atom is -0.454 e. The van der Waals surface area contributed by atoms with Crippen molar-refractivity contribution in [2.45, 2.75) is 19.7 Å². The smallest absolute Gasteiger partial charge is 0.387 e. The number of halogens is 2. The van der Waals surface area contributed by atoms with Crippen LogP contribution in [0.25, 0.3) is 0 Å². The summed E-state index contributed by atoms with van der Waals surface area (Å²) < 4.78 is 40.6. The van der Waals surface area contributed by atoms with Gasteiger partial charge in [0.15, 0.2) is 17.5 Å². The fourth-order valence-electron chi connectivity index (χ4n) is 2.86. The Morgan fingerprint density at radius 2 is 1.90 bits per heavy atom. The molecule has 0 fully saturated rings. The van der Waals surface area contributed by atoms with E-state index in [-0.39, 0.29) is 25.0 Å². The Kier molecular flexibility index (Phi) is 6.89. The molecule has 2 aromatic carbocycles. The molecular formula is C20H22F2N4O4. The highest BCUT2D eigenvalue weighted by Gasteiger charge is 2.20. The van der Waals surface area contributed by atoms with Crippen LogP contribution in [0.5, 0.6) is 17.2 Å². The van der Waals surface area contributed by atoms with Crippen molar-refractivity contribution in [2.75, 3.05) is 20.9 Å². The summed E-state index contributed by atoms with van der Waals surface area (Å²) in [6.45, 7) is -2.37. The minimum atomic E-state index is -2.96. The number of carbonyl (C=O) groups excluding carboxylic acids is 1. The Morgan fingerprint density at radius 1 is 1.17 bits per heavy atom. The quantitative estimate of drug-likeness (QED) is 0.470. The number of hydrogen-bond acceptors (Lipinski definition) is 5. The first-order chi connectivity index (χ1) is 14.5. The zero-order chi connectivity index (χ0) is 21.5. The number of alkyl halides is 2. The van der Waals surface area contributed by atoms with E-state index in [2.05, 4.69) is 25.7 Å². The van der Waals surface area contributed by atoms with Gasteiger partial charge in [-0.1, -0.05) is 12.1 Å². The van der Waals surface area contributed by atoms with Crippen molar-refractivity contribution in [1.29, 1.82) is 0 Å². The molecule has 160 valence electrons. The molecule has 10 heteroatoms. The number of fused-ring (bicyclic) bond motifs is 1.